The summed E-state index contributed by atoms with van der Waals surface area (Å²) in [5.41, 5.74) is 2.28. The smallest absolute Gasteiger partial charge is 0.151 e. The molecule has 0 spiro atoms. The molecule has 3 heteroatoms. The number of hydrogen-bond acceptors (Lipinski definition) is 3. The van der Waals surface area contributed by atoms with Crippen molar-refractivity contribution in [1.29, 1.82) is 0 Å². The predicted molar refractivity (Wildman–Crippen MR) is 78.9 cm³/mol. The van der Waals surface area contributed by atoms with Gasteiger partial charge in [0.15, 0.2) is 11.5 Å². The molecule has 20 heavy (non-hydrogen) atoms. The monoisotopic (exact) mass is 267 g/mol. The Morgan fingerprint density at radius 1 is 0.900 bits per heavy atom. The maximum atomic E-state index is 6.02. The van der Waals surface area contributed by atoms with Crippen LogP contribution in [0.2, 0.25) is 0 Å². The van der Waals surface area contributed by atoms with E-state index in [1.165, 1.54) is 0 Å². The highest BCUT2D eigenvalue weighted by atomic mass is 16.5. The Hall–Kier alpha value is -2.00. The normalized spacial score (nSPS) is 20.8. The zero-order valence-electron chi connectivity index (χ0n) is 11.3. The number of ether oxygens (including phenoxy) is 2. The summed E-state index contributed by atoms with van der Waals surface area (Å²) in [6.45, 7) is 1.66. The first-order valence-electron chi connectivity index (χ1n) is 7.16. The van der Waals surface area contributed by atoms with E-state index in [0.29, 0.717) is 6.04 Å². The van der Waals surface area contributed by atoms with Crippen molar-refractivity contribution in [2.45, 2.75) is 18.9 Å². The van der Waals surface area contributed by atoms with Crippen LogP contribution in [0.5, 0.6) is 11.5 Å². The molecule has 0 amide bonds. The summed E-state index contributed by atoms with van der Waals surface area (Å²) in [6.07, 6.45) is 2.27. The van der Waals surface area contributed by atoms with Gasteiger partial charge in [0.1, 0.15) is 0 Å². The molecule has 0 saturated carbocycles. The van der Waals surface area contributed by atoms with Gasteiger partial charge >= 0.3 is 0 Å². The predicted octanol–water partition coefficient (Wildman–Crippen LogP) is 4.11. The topological polar surface area (TPSA) is 21.7 Å². The van der Waals surface area contributed by atoms with Gasteiger partial charge in [-0.15, -0.1) is 0 Å². The first kappa shape index (κ1) is 11.8. The molecule has 0 bridgehead atoms. The van der Waals surface area contributed by atoms with Gasteiger partial charge in [-0.25, -0.2) is 0 Å². The van der Waals surface area contributed by atoms with Crippen molar-refractivity contribution in [1.82, 2.24) is 0 Å². The average Bonchev–Trinajstić information content (AvgIpc) is 2.53. The van der Waals surface area contributed by atoms with Crippen molar-refractivity contribution >= 4 is 11.4 Å². The molecule has 2 aliphatic rings. The van der Waals surface area contributed by atoms with Crippen LogP contribution in [0.1, 0.15) is 12.8 Å². The summed E-state index contributed by atoms with van der Waals surface area (Å²) >= 11 is 0. The lowest BCUT2D eigenvalue weighted by molar-refractivity contribution is 0.0817. The molecule has 2 aromatic carbocycles. The van der Waals surface area contributed by atoms with E-state index >= 15 is 0 Å². The van der Waals surface area contributed by atoms with Gasteiger partial charge in [-0.1, -0.05) is 24.3 Å². The first-order valence-corrected chi connectivity index (χ1v) is 7.16. The fraction of sp³-hybridized carbons (Fsp3) is 0.294. The maximum Gasteiger partial charge on any atom is 0.151 e. The minimum atomic E-state index is 0.384. The second kappa shape index (κ2) is 4.84. The third-order valence-electron chi connectivity index (χ3n) is 3.97. The van der Waals surface area contributed by atoms with Gasteiger partial charge in [0.25, 0.3) is 0 Å². The molecule has 0 aromatic heterocycles. The molecule has 3 nitrogen and oxygen atoms in total. The van der Waals surface area contributed by atoms with Crippen molar-refractivity contribution in [3.8, 4) is 11.5 Å². The summed E-state index contributed by atoms with van der Waals surface area (Å²) in [6, 6.07) is 16.9. The fourth-order valence-electron chi connectivity index (χ4n) is 3.05. The number of hydrogen-bond donors (Lipinski definition) is 0. The third-order valence-corrected chi connectivity index (χ3v) is 3.97. The number of rotatable bonds is 1. The van der Waals surface area contributed by atoms with Crippen LogP contribution >= 0.6 is 0 Å². The number of nitrogens with zero attached hydrogens (tertiary/aromatic N) is 1. The summed E-state index contributed by atoms with van der Waals surface area (Å²) < 4.78 is 11.7. The quantitative estimate of drug-likeness (QED) is 0.776. The van der Waals surface area contributed by atoms with Gasteiger partial charge in [-0.3, -0.25) is 0 Å². The van der Waals surface area contributed by atoms with Crippen LogP contribution in [0.3, 0.4) is 0 Å². The van der Waals surface area contributed by atoms with Crippen LogP contribution in [-0.4, -0.2) is 19.3 Å². The van der Waals surface area contributed by atoms with E-state index in [4.69, 9.17) is 9.47 Å². The average molecular weight is 267 g/mol. The molecule has 0 N–H and O–H groups in total. The van der Waals surface area contributed by atoms with E-state index < -0.39 is 0 Å². The van der Waals surface area contributed by atoms with Crippen molar-refractivity contribution in [2.24, 2.45) is 0 Å². The highest BCUT2D eigenvalue weighted by molar-refractivity contribution is 5.78. The van der Waals surface area contributed by atoms with Crippen LogP contribution < -0.4 is 9.64 Å². The number of para-hydroxylation sites is 4. The van der Waals surface area contributed by atoms with Crippen molar-refractivity contribution < 1.29 is 9.47 Å². The molecule has 102 valence electrons. The van der Waals surface area contributed by atoms with Gasteiger partial charge in [-0.2, -0.15) is 0 Å². The molecule has 1 atom stereocenters. The van der Waals surface area contributed by atoms with E-state index in [-0.39, 0.29) is 0 Å². The maximum absolute atomic E-state index is 6.02. The SMILES string of the molecule is c1ccc2c(c1)Oc1ccccc1N2C1CCCOC1. The summed E-state index contributed by atoms with van der Waals surface area (Å²) in [4.78, 5) is 2.38. The van der Waals surface area contributed by atoms with Gasteiger partial charge in [0.2, 0.25) is 0 Å². The largest absolute Gasteiger partial charge is 0.453 e. The van der Waals surface area contributed by atoms with Crippen molar-refractivity contribution in [2.75, 3.05) is 18.1 Å². The van der Waals surface area contributed by atoms with E-state index in [1.807, 2.05) is 24.3 Å². The van der Waals surface area contributed by atoms with Crippen LogP contribution in [0, 0.1) is 0 Å². The Kier molecular flexibility index (Phi) is 2.85. The molecule has 0 radical (unpaired) electrons. The number of benzene rings is 2. The zero-order chi connectivity index (χ0) is 13.4. The fourth-order valence-corrected chi connectivity index (χ4v) is 3.05. The lowest BCUT2D eigenvalue weighted by Gasteiger charge is -2.39. The molecule has 4 rings (SSSR count). The van der Waals surface area contributed by atoms with E-state index in [2.05, 4.69) is 29.2 Å². The molecule has 1 unspecified atom stereocenters. The molecule has 2 heterocycles. The molecule has 1 saturated heterocycles. The van der Waals surface area contributed by atoms with Gasteiger partial charge in [0, 0.05) is 6.61 Å². The summed E-state index contributed by atoms with van der Waals surface area (Å²) in [5.74, 6) is 1.86. The second-order valence-electron chi connectivity index (χ2n) is 5.28. The Morgan fingerprint density at radius 2 is 1.55 bits per heavy atom. The lowest BCUT2D eigenvalue weighted by atomic mass is 10.0. The van der Waals surface area contributed by atoms with Gasteiger partial charge in [-0.05, 0) is 37.1 Å². The molecule has 1 fully saturated rings. The standard InChI is InChI=1S/C17H17NO2/c1-3-9-16-14(7-1)18(13-6-5-11-19-12-13)15-8-2-4-10-17(15)20-16/h1-4,7-10,13H,5-6,11-12H2. The van der Waals surface area contributed by atoms with Crippen molar-refractivity contribution in [3.63, 3.8) is 0 Å². The summed E-state index contributed by atoms with van der Waals surface area (Å²) in [7, 11) is 0. The number of anilines is 2. The zero-order valence-corrected chi connectivity index (χ0v) is 11.3. The lowest BCUT2D eigenvalue weighted by Crippen LogP contribution is -2.39. The first-order chi connectivity index (χ1) is 9.93. The van der Waals surface area contributed by atoms with Crippen LogP contribution in [0.25, 0.3) is 0 Å². The minimum Gasteiger partial charge on any atom is -0.453 e. The Morgan fingerprint density at radius 3 is 2.15 bits per heavy atom. The van der Waals surface area contributed by atoms with Gasteiger partial charge in [0.05, 0.1) is 24.0 Å². The molecule has 2 aliphatic heterocycles. The molecule has 0 aliphatic carbocycles. The van der Waals surface area contributed by atoms with Crippen LogP contribution in [0.15, 0.2) is 48.5 Å². The Balaban J connectivity index is 1.83. The van der Waals surface area contributed by atoms with Crippen molar-refractivity contribution in [3.05, 3.63) is 48.5 Å². The highest BCUT2D eigenvalue weighted by Crippen LogP contribution is 2.47. The Bertz CT molecular complexity index is 574. The molecule has 2 aromatic rings. The van der Waals surface area contributed by atoms with E-state index in [1.54, 1.807) is 0 Å². The second-order valence-corrected chi connectivity index (χ2v) is 5.28. The van der Waals surface area contributed by atoms with Crippen LogP contribution in [-0.2, 0) is 4.74 Å². The minimum absolute atomic E-state index is 0.384. The van der Waals surface area contributed by atoms with Crippen LogP contribution in [0.4, 0.5) is 11.4 Å². The van der Waals surface area contributed by atoms with E-state index in [0.717, 1.165) is 48.9 Å². The molecular weight excluding hydrogens is 250 g/mol. The highest BCUT2D eigenvalue weighted by Gasteiger charge is 2.30. The van der Waals surface area contributed by atoms with Gasteiger partial charge < -0.3 is 14.4 Å². The Labute approximate surface area is 118 Å². The third kappa shape index (κ3) is 1.86. The summed E-state index contributed by atoms with van der Waals surface area (Å²) in [5, 5.41) is 0. The number of fused-ring (bicyclic) bond motifs is 2. The van der Waals surface area contributed by atoms with E-state index in [9.17, 15) is 0 Å². The molecular formula is C17H17NO2.